The van der Waals surface area contributed by atoms with Gasteiger partial charge in [0.15, 0.2) is 0 Å². The second-order valence-corrected chi connectivity index (χ2v) is 6.81. The molecule has 3 aromatic carbocycles. The number of hydrogen-bond donors (Lipinski definition) is 2. The van der Waals surface area contributed by atoms with Crippen LogP contribution in [0.2, 0.25) is 0 Å². The Morgan fingerprint density at radius 3 is 2.39 bits per heavy atom. The first-order valence-corrected chi connectivity index (χ1v) is 9.87. The third kappa shape index (κ3) is 4.80. The summed E-state index contributed by atoms with van der Waals surface area (Å²) in [6.45, 7) is 4.31. The van der Waals surface area contributed by atoms with Gasteiger partial charge in [-0.2, -0.15) is 0 Å². The summed E-state index contributed by atoms with van der Waals surface area (Å²) in [6.07, 6.45) is 7.36. The highest BCUT2D eigenvalue weighted by Gasteiger charge is 2.06. The summed E-state index contributed by atoms with van der Waals surface area (Å²) in [4.78, 5) is 0. The molecule has 0 aliphatic rings. The van der Waals surface area contributed by atoms with E-state index in [0.717, 1.165) is 36.2 Å². The minimum Gasteiger partial charge on any atom is -0.355 e. The lowest BCUT2D eigenvalue weighted by Crippen LogP contribution is -1.99. The third-order valence-electron chi connectivity index (χ3n) is 4.71. The van der Waals surface area contributed by atoms with Gasteiger partial charge in [0.25, 0.3) is 0 Å². The van der Waals surface area contributed by atoms with Gasteiger partial charge in [0.05, 0.1) is 5.69 Å². The molecular weight excluding hydrogens is 347 g/mol. The zero-order valence-corrected chi connectivity index (χ0v) is 16.5. The molecule has 0 saturated carbocycles. The molecule has 3 heteroatoms. The molecular formula is C25H27FN2. The van der Waals surface area contributed by atoms with Crippen molar-refractivity contribution in [3.05, 3.63) is 90.1 Å². The monoisotopic (exact) mass is 374 g/mol. The maximum atomic E-state index is 12.6. The number of anilines is 2. The summed E-state index contributed by atoms with van der Waals surface area (Å²) < 4.78 is 12.6. The van der Waals surface area contributed by atoms with Gasteiger partial charge in [0.2, 0.25) is 0 Å². The van der Waals surface area contributed by atoms with Crippen molar-refractivity contribution < 1.29 is 4.48 Å². The summed E-state index contributed by atoms with van der Waals surface area (Å²) in [7, 11) is 0. The fourth-order valence-electron chi connectivity index (χ4n) is 3.36. The zero-order valence-electron chi connectivity index (χ0n) is 16.5. The standard InChI is InChI=1S/C25H27FN2/c1-3-8-21(19-14-16-22(28-26)17-15-19)18-23(9-4-2)27-25-13-7-11-20-10-5-6-12-24(20)25/h5-7,9-18,27-28H,3-4,8H2,1-2H3/b21-18+,23-9-. The first kappa shape index (κ1) is 19.7. The molecule has 2 N–H and O–H groups in total. The number of benzene rings is 3. The van der Waals surface area contributed by atoms with Crippen molar-refractivity contribution in [1.82, 2.24) is 0 Å². The molecule has 0 aromatic heterocycles. The number of hydrogen-bond acceptors (Lipinski definition) is 2. The number of rotatable bonds is 8. The minimum atomic E-state index is 0.470. The van der Waals surface area contributed by atoms with Gasteiger partial charge < -0.3 is 5.32 Å². The van der Waals surface area contributed by atoms with E-state index in [-0.39, 0.29) is 0 Å². The Morgan fingerprint density at radius 1 is 0.929 bits per heavy atom. The van der Waals surface area contributed by atoms with Gasteiger partial charge in [0, 0.05) is 16.8 Å². The molecule has 0 heterocycles. The van der Waals surface area contributed by atoms with Gasteiger partial charge in [-0.25, -0.2) is 5.54 Å². The van der Waals surface area contributed by atoms with E-state index < -0.39 is 0 Å². The van der Waals surface area contributed by atoms with Crippen LogP contribution in [0.5, 0.6) is 0 Å². The van der Waals surface area contributed by atoms with E-state index in [0.29, 0.717) is 5.69 Å². The summed E-state index contributed by atoms with van der Waals surface area (Å²) in [5.41, 5.74) is 6.69. The molecule has 0 saturated heterocycles. The Balaban J connectivity index is 1.95. The Hall–Kier alpha value is -3.07. The van der Waals surface area contributed by atoms with Crippen molar-refractivity contribution in [3.63, 3.8) is 0 Å². The van der Waals surface area contributed by atoms with Gasteiger partial charge >= 0.3 is 0 Å². The van der Waals surface area contributed by atoms with Gasteiger partial charge in [-0.05, 0) is 53.6 Å². The highest BCUT2D eigenvalue weighted by atomic mass is 19.2. The lowest BCUT2D eigenvalue weighted by atomic mass is 9.99. The maximum Gasteiger partial charge on any atom is 0.0656 e. The Morgan fingerprint density at radius 2 is 1.68 bits per heavy atom. The predicted octanol–water partition coefficient (Wildman–Crippen LogP) is 7.73. The smallest absolute Gasteiger partial charge is 0.0656 e. The van der Waals surface area contributed by atoms with Crippen LogP contribution in [0.25, 0.3) is 16.3 Å². The van der Waals surface area contributed by atoms with Crippen LogP contribution in [0.3, 0.4) is 0 Å². The second-order valence-electron chi connectivity index (χ2n) is 6.81. The molecule has 0 atom stereocenters. The SMILES string of the molecule is CC/C=C(/C=C(\CCC)c1ccc(NF)cc1)Nc1cccc2ccccc12. The molecule has 0 bridgehead atoms. The first-order valence-electron chi connectivity index (χ1n) is 9.87. The van der Waals surface area contributed by atoms with Crippen LogP contribution in [0.15, 0.2) is 84.6 Å². The Bertz CT molecular complexity index is 966. The summed E-state index contributed by atoms with van der Waals surface area (Å²) in [6, 6.07) is 22.2. The fraction of sp³-hybridized carbons (Fsp3) is 0.200. The van der Waals surface area contributed by atoms with Crippen molar-refractivity contribution in [2.45, 2.75) is 33.1 Å². The van der Waals surface area contributed by atoms with E-state index in [1.165, 1.54) is 16.3 Å². The molecule has 0 radical (unpaired) electrons. The van der Waals surface area contributed by atoms with Crippen LogP contribution < -0.4 is 10.9 Å². The van der Waals surface area contributed by atoms with Crippen molar-refractivity contribution in [3.8, 4) is 0 Å². The number of halogens is 1. The molecule has 0 aliphatic heterocycles. The van der Waals surface area contributed by atoms with Crippen LogP contribution >= 0.6 is 0 Å². The van der Waals surface area contributed by atoms with E-state index in [1.807, 2.05) is 12.1 Å². The fourth-order valence-corrected chi connectivity index (χ4v) is 3.36. The zero-order chi connectivity index (χ0) is 19.8. The lowest BCUT2D eigenvalue weighted by Gasteiger charge is -2.14. The van der Waals surface area contributed by atoms with Crippen molar-refractivity contribution in [1.29, 1.82) is 0 Å². The van der Waals surface area contributed by atoms with Crippen molar-refractivity contribution in [2.24, 2.45) is 0 Å². The molecule has 144 valence electrons. The van der Waals surface area contributed by atoms with E-state index in [1.54, 1.807) is 17.7 Å². The molecule has 0 amide bonds. The number of fused-ring (bicyclic) bond motifs is 1. The van der Waals surface area contributed by atoms with Gasteiger partial charge in [0.1, 0.15) is 0 Å². The highest BCUT2D eigenvalue weighted by molar-refractivity contribution is 5.94. The van der Waals surface area contributed by atoms with Crippen LogP contribution in [0.1, 0.15) is 38.7 Å². The van der Waals surface area contributed by atoms with Gasteiger partial charge in [-0.1, -0.05) is 74.9 Å². The molecule has 0 spiro atoms. The molecule has 0 fully saturated rings. The highest BCUT2D eigenvalue weighted by Crippen LogP contribution is 2.27. The van der Waals surface area contributed by atoms with Crippen LogP contribution in [0.4, 0.5) is 15.9 Å². The molecule has 28 heavy (non-hydrogen) atoms. The largest absolute Gasteiger partial charge is 0.355 e. The summed E-state index contributed by atoms with van der Waals surface area (Å²) >= 11 is 0. The Labute approximate surface area is 166 Å². The normalized spacial score (nSPS) is 12.2. The second kappa shape index (κ2) is 9.75. The maximum absolute atomic E-state index is 12.6. The average molecular weight is 375 g/mol. The van der Waals surface area contributed by atoms with Crippen LogP contribution in [-0.4, -0.2) is 0 Å². The van der Waals surface area contributed by atoms with Crippen LogP contribution in [0, 0.1) is 0 Å². The van der Waals surface area contributed by atoms with E-state index in [9.17, 15) is 4.48 Å². The molecule has 3 aromatic rings. The van der Waals surface area contributed by atoms with E-state index in [2.05, 4.69) is 73.8 Å². The quantitative estimate of drug-likeness (QED) is 0.311. The topological polar surface area (TPSA) is 24.1 Å². The first-order chi connectivity index (χ1) is 13.7. The van der Waals surface area contributed by atoms with Gasteiger partial charge in [-0.3, -0.25) is 0 Å². The third-order valence-corrected chi connectivity index (χ3v) is 4.71. The molecule has 2 nitrogen and oxygen atoms in total. The molecule has 3 rings (SSSR count). The van der Waals surface area contributed by atoms with E-state index >= 15 is 0 Å². The molecule has 0 aliphatic carbocycles. The lowest BCUT2D eigenvalue weighted by molar-refractivity contribution is 0.618. The summed E-state index contributed by atoms with van der Waals surface area (Å²) in [5.74, 6) is 0. The van der Waals surface area contributed by atoms with Crippen molar-refractivity contribution in [2.75, 3.05) is 10.9 Å². The van der Waals surface area contributed by atoms with Crippen LogP contribution in [-0.2, 0) is 0 Å². The van der Waals surface area contributed by atoms with E-state index in [4.69, 9.17) is 0 Å². The predicted molar refractivity (Wildman–Crippen MR) is 120 cm³/mol. The van der Waals surface area contributed by atoms with Crippen molar-refractivity contribution >= 4 is 27.7 Å². The summed E-state index contributed by atoms with van der Waals surface area (Å²) in [5, 5.41) is 6.04. The van der Waals surface area contributed by atoms with Gasteiger partial charge in [-0.15, -0.1) is 4.48 Å². The number of allylic oxidation sites excluding steroid dienone is 3. The number of nitrogens with one attached hydrogen (secondary N) is 2. The minimum absolute atomic E-state index is 0.470. The Kier molecular flexibility index (Phi) is 6.85. The average Bonchev–Trinajstić information content (AvgIpc) is 2.74. The molecule has 0 unspecified atom stereocenters.